The number of hydrogen-bond acceptors (Lipinski definition) is 5. The first-order chi connectivity index (χ1) is 19.3. The van der Waals surface area contributed by atoms with E-state index in [2.05, 4.69) is 10.6 Å². The third-order valence-corrected chi connectivity index (χ3v) is 6.47. The van der Waals surface area contributed by atoms with Crippen molar-refractivity contribution in [1.82, 2.24) is 20.4 Å². The van der Waals surface area contributed by atoms with Gasteiger partial charge in [0.25, 0.3) is 0 Å². The molecule has 41 heavy (non-hydrogen) atoms. The number of nitrogens with zero attached hydrogens (tertiary/aromatic N) is 2. The van der Waals surface area contributed by atoms with Crippen LogP contribution in [0.2, 0.25) is 0 Å². The Bertz CT molecular complexity index is 1270. The summed E-state index contributed by atoms with van der Waals surface area (Å²) in [5.41, 5.74) is 0.261. The van der Waals surface area contributed by atoms with Crippen LogP contribution in [0.3, 0.4) is 0 Å². The zero-order valence-electron chi connectivity index (χ0n) is 22.1. The lowest BCUT2D eigenvalue weighted by molar-refractivity contribution is -0.132. The number of hydrogen-bond donors (Lipinski definition) is 4. The molecule has 2 aromatic rings. The molecule has 2 aromatic carbocycles. The standard InChI is InChI=1S/C27H30F6N6O2/c1-2-8-36-25(41)24(16-6-4-3-5-7-16)37-18(11-17-12-20(29)21(30)14-19(17)28)13-23(40)38-9-10-39(22(34)15-38)26(35)27(31,32)33/h3-7,12,14,18,24,34-35,37H,2,8-11,13,15H2,1H3,(H,36,41). The van der Waals surface area contributed by atoms with Crippen molar-refractivity contribution < 1.29 is 35.9 Å². The zero-order valence-corrected chi connectivity index (χ0v) is 22.1. The molecule has 2 amide bonds. The molecular weight excluding hydrogens is 554 g/mol. The number of carbonyl (C=O) groups is 2. The van der Waals surface area contributed by atoms with Crippen LogP contribution in [-0.4, -0.2) is 71.7 Å². The Hall–Kier alpha value is -3.94. The number of carbonyl (C=O) groups excluding carboxylic acids is 2. The number of halogens is 6. The van der Waals surface area contributed by atoms with Crippen LogP contribution in [0.1, 0.15) is 36.9 Å². The molecule has 0 saturated carbocycles. The highest BCUT2D eigenvalue weighted by Crippen LogP contribution is 2.23. The summed E-state index contributed by atoms with van der Waals surface area (Å²) in [7, 11) is 0. The number of alkyl halides is 3. The maximum absolute atomic E-state index is 14.6. The predicted octanol–water partition coefficient (Wildman–Crippen LogP) is 3.92. The minimum Gasteiger partial charge on any atom is -0.354 e. The van der Waals surface area contributed by atoms with Crippen molar-refractivity contribution in [2.45, 2.75) is 44.4 Å². The van der Waals surface area contributed by atoms with Gasteiger partial charge in [-0.25, -0.2) is 13.2 Å². The molecule has 2 atom stereocenters. The maximum Gasteiger partial charge on any atom is 0.449 e. The van der Waals surface area contributed by atoms with Gasteiger partial charge < -0.3 is 15.1 Å². The van der Waals surface area contributed by atoms with E-state index in [9.17, 15) is 35.9 Å². The SMILES string of the molecule is CCCNC(=O)C(NC(CC(=O)N1CCN(C(=N)C(F)(F)F)C(=N)C1)Cc1cc(F)c(F)cc1F)c1ccccc1. The predicted molar refractivity (Wildman–Crippen MR) is 139 cm³/mol. The van der Waals surface area contributed by atoms with Gasteiger partial charge >= 0.3 is 6.18 Å². The second kappa shape index (κ2) is 13.6. The molecule has 1 saturated heterocycles. The Kier molecular flexibility index (Phi) is 10.5. The highest BCUT2D eigenvalue weighted by Gasteiger charge is 2.42. The summed E-state index contributed by atoms with van der Waals surface area (Å²) in [6.07, 6.45) is -5.08. The number of rotatable bonds is 10. The van der Waals surface area contributed by atoms with Crippen molar-refractivity contribution in [3.05, 3.63) is 71.0 Å². The highest BCUT2D eigenvalue weighted by molar-refractivity contribution is 6.03. The third-order valence-electron chi connectivity index (χ3n) is 6.47. The van der Waals surface area contributed by atoms with Gasteiger partial charge in [0.05, 0.1) is 6.54 Å². The van der Waals surface area contributed by atoms with Gasteiger partial charge in [0.1, 0.15) is 17.7 Å². The summed E-state index contributed by atoms with van der Waals surface area (Å²) in [6, 6.07) is 7.45. The summed E-state index contributed by atoms with van der Waals surface area (Å²) in [5, 5.41) is 21.0. The minimum atomic E-state index is -4.97. The van der Waals surface area contributed by atoms with Crippen molar-refractivity contribution >= 4 is 23.5 Å². The van der Waals surface area contributed by atoms with Crippen molar-refractivity contribution in [3.63, 3.8) is 0 Å². The molecule has 4 N–H and O–H groups in total. The van der Waals surface area contributed by atoms with Crippen LogP contribution in [-0.2, 0) is 16.0 Å². The molecule has 222 valence electrons. The normalized spacial score (nSPS) is 15.4. The van der Waals surface area contributed by atoms with Crippen LogP contribution in [0.5, 0.6) is 0 Å². The monoisotopic (exact) mass is 584 g/mol. The number of nitrogens with one attached hydrogen (secondary N) is 4. The molecule has 0 bridgehead atoms. The molecule has 14 heteroatoms. The molecule has 0 spiro atoms. The van der Waals surface area contributed by atoms with Crippen molar-refractivity contribution in [3.8, 4) is 0 Å². The number of piperazine rings is 1. The molecule has 0 radical (unpaired) electrons. The molecule has 2 unspecified atom stereocenters. The molecule has 0 aromatic heterocycles. The van der Waals surface area contributed by atoms with Crippen molar-refractivity contribution in [2.24, 2.45) is 0 Å². The van der Waals surface area contributed by atoms with Crippen molar-refractivity contribution in [1.29, 1.82) is 10.8 Å². The smallest absolute Gasteiger partial charge is 0.354 e. The first-order valence-electron chi connectivity index (χ1n) is 12.8. The quantitative estimate of drug-likeness (QED) is 0.147. The molecule has 1 aliphatic rings. The van der Waals surface area contributed by atoms with E-state index in [-0.39, 0.29) is 18.5 Å². The fourth-order valence-corrected chi connectivity index (χ4v) is 4.38. The van der Waals surface area contributed by atoms with Gasteiger partial charge in [-0.15, -0.1) is 0 Å². The van der Waals surface area contributed by atoms with Crippen LogP contribution in [0.4, 0.5) is 26.3 Å². The number of amidine groups is 2. The van der Waals surface area contributed by atoms with Gasteiger partial charge in [-0.3, -0.25) is 25.7 Å². The van der Waals surface area contributed by atoms with Crippen LogP contribution in [0.25, 0.3) is 0 Å². The molecule has 1 fully saturated rings. The lowest BCUT2D eigenvalue weighted by atomic mass is 9.98. The highest BCUT2D eigenvalue weighted by atomic mass is 19.4. The summed E-state index contributed by atoms with van der Waals surface area (Å²) in [4.78, 5) is 27.9. The van der Waals surface area contributed by atoms with E-state index in [1.807, 2.05) is 6.92 Å². The Morgan fingerprint density at radius 3 is 2.29 bits per heavy atom. The lowest BCUT2D eigenvalue weighted by Crippen LogP contribution is -2.57. The molecule has 8 nitrogen and oxygen atoms in total. The molecule has 1 aliphatic heterocycles. The second-order valence-electron chi connectivity index (χ2n) is 9.52. The van der Waals surface area contributed by atoms with Crippen molar-refractivity contribution in [2.75, 3.05) is 26.2 Å². The van der Waals surface area contributed by atoms with E-state index in [1.54, 1.807) is 30.3 Å². The van der Waals surface area contributed by atoms with Crippen LogP contribution < -0.4 is 10.6 Å². The van der Waals surface area contributed by atoms with Gasteiger partial charge in [0.15, 0.2) is 11.6 Å². The molecule has 1 heterocycles. The molecular formula is C27H30F6N6O2. The zero-order chi connectivity index (χ0) is 30.3. The average molecular weight is 585 g/mol. The van der Waals surface area contributed by atoms with Gasteiger partial charge in [-0.05, 0) is 30.0 Å². The van der Waals surface area contributed by atoms with Gasteiger partial charge in [0.2, 0.25) is 17.6 Å². The Balaban J connectivity index is 1.86. The Morgan fingerprint density at radius 2 is 1.68 bits per heavy atom. The summed E-state index contributed by atoms with van der Waals surface area (Å²) >= 11 is 0. The fraction of sp³-hybridized carbons (Fsp3) is 0.407. The van der Waals surface area contributed by atoms with Crippen LogP contribution in [0, 0.1) is 28.3 Å². The third kappa shape index (κ3) is 8.28. The molecule has 0 aliphatic carbocycles. The summed E-state index contributed by atoms with van der Waals surface area (Å²) < 4.78 is 81.0. The van der Waals surface area contributed by atoms with E-state index in [0.29, 0.717) is 35.6 Å². The van der Waals surface area contributed by atoms with Crippen LogP contribution in [0.15, 0.2) is 42.5 Å². The minimum absolute atomic E-state index is 0.231. The van der Waals surface area contributed by atoms with E-state index in [0.717, 1.165) is 4.90 Å². The second-order valence-corrected chi connectivity index (χ2v) is 9.52. The maximum atomic E-state index is 14.6. The number of amides is 2. The van der Waals surface area contributed by atoms with Gasteiger partial charge in [-0.1, -0.05) is 37.3 Å². The van der Waals surface area contributed by atoms with Crippen LogP contribution >= 0.6 is 0 Å². The summed E-state index contributed by atoms with van der Waals surface area (Å²) in [6.45, 7) is 1.02. The first kappa shape index (κ1) is 31.6. The Labute approximate surface area is 232 Å². The topological polar surface area (TPSA) is 112 Å². The van der Waals surface area contributed by atoms with E-state index < -0.39 is 78.7 Å². The van der Waals surface area contributed by atoms with Gasteiger partial charge in [-0.2, -0.15) is 13.2 Å². The van der Waals surface area contributed by atoms with E-state index in [1.165, 1.54) is 0 Å². The van der Waals surface area contributed by atoms with E-state index >= 15 is 0 Å². The Morgan fingerprint density at radius 1 is 1.02 bits per heavy atom. The van der Waals surface area contributed by atoms with Gasteiger partial charge in [0, 0.05) is 38.2 Å². The summed E-state index contributed by atoms with van der Waals surface area (Å²) in [5.74, 6) is -7.15. The fourth-order valence-electron chi connectivity index (χ4n) is 4.38. The average Bonchev–Trinajstić information content (AvgIpc) is 2.92. The first-order valence-corrected chi connectivity index (χ1v) is 12.8. The number of benzene rings is 2. The molecule has 3 rings (SSSR count). The largest absolute Gasteiger partial charge is 0.449 e. The lowest BCUT2D eigenvalue weighted by Gasteiger charge is -2.37. The van der Waals surface area contributed by atoms with E-state index in [4.69, 9.17) is 10.8 Å².